The Labute approximate surface area is 101 Å². The van der Waals surface area contributed by atoms with E-state index >= 15 is 0 Å². The molecule has 1 heterocycles. The maximum Gasteiger partial charge on any atom is 0.123 e. The molecule has 0 radical (unpaired) electrons. The van der Waals surface area contributed by atoms with Gasteiger partial charge in [0, 0.05) is 11.3 Å². The molecule has 1 aromatic rings. The minimum atomic E-state index is -0.165. The molecule has 2 rings (SSSR count). The molecular weight excluding hydrogens is 221 g/mol. The molecule has 1 aliphatic rings. The van der Waals surface area contributed by atoms with Crippen LogP contribution in [0.5, 0.6) is 0 Å². The Hall–Kier alpha value is -0.540. The minimum Gasteiger partial charge on any atom is -0.297 e. The zero-order valence-corrected chi connectivity index (χ0v) is 10.8. The van der Waals surface area contributed by atoms with Crippen molar-refractivity contribution in [2.24, 2.45) is 0 Å². The fraction of sp³-hybridized carbons (Fsp3) is 0.538. The second-order valence-corrected chi connectivity index (χ2v) is 6.81. The van der Waals surface area contributed by atoms with Crippen LogP contribution in [-0.4, -0.2) is 16.2 Å². The van der Waals surface area contributed by atoms with Crippen LogP contribution < -0.4 is 5.32 Å². The van der Waals surface area contributed by atoms with Crippen molar-refractivity contribution in [1.29, 1.82) is 0 Å². The summed E-state index contributed by atoms with van der Waals surface area (Å²) in [4.78, 5) is 0.0708. The first-order chi connectivity index (χ1) is 7.39. The highest BCUT2D eigenvalue weighted by Gasteiger charge is 2.39. The van der Waals surface area contributed by atoms with E-state index in [2.05, 4.69) is 26.1 Å². The van der Waals surface area contributed by atoms with Gasteiger partial charge in [0.05, 0.1) is 4.87 Å². The second kappa shape index (κ2) is 4.04. The number of rotatable bonds is 2. The predicted octanol–water partition coefficient (Wildman–Crippen LogP) is 3.20. The van der Waals surface area contributed by atoms with E-state index in [0.717, 1.165) is 12.2 Å². The van der Waals surface area contributed by atoms with Crippen LogP contribution in [0.4, 0.5) is 4.39 Å². The van der Waals surface area contributed by atoms with E-state index in [4.69, 9.17) is 0 Å². The molecule has 0 aromatic heterocycles. The predicted molar refractivity (Wildman–Crippen MR) is 68.2 cm³/mol. The molecule has 0 saturated carbocycles. The van der Waals surface area contributed by atoms with Crippen molar-refractivity contribution in [3.63, 3.8) is 0 Å². The molecule has 1 atom stereocenters. The molecule has 1 N–H and O–H groups in total. The zero-order chi connectivity index (χ0) is 11.8. The SMILES string of the molecule is CC1(C)CSC(C)(Cc2ccc(F)cc2)N1. The van der Waals surface area contributed by atoms with Crippen molar-refractivity contribution < 1.29 is 4.39 Å². The van der Waals surface area contributed by atoms with Crippen LogP contribution in [0, 0.1) is 5.82 Å². The van der Waals surface area contributed by atoms with E-state index < -0.39 is 0 Å². The second-order valence-electron chi connectivity index (χ2n) is 5.33. The topological polar surface area (TPSA) is 12.0 Å². The van der Waals surface area contributed by atoms with Gasteiger partial charge < -0.3 is 0 Å². The van der Waals surface area contributed by atoms with Crippen LogP contribution in [0.2, 0.25) is 0 Å². The summed E-state index contributed by atoms with van der Waals surface area (Å²) >= 11 is 1.95. The highest BCUT2D eigenvalue weighted by atomic mass is 32.2. The summed E-state index contributed by atoms with van der Waals surface area (Å²) in [6.07, 6.45) is 0.932. The number of hydrogen-bond acceptors (Lipinski definition) is 2. The van der Waals surface area contributed by atoms with Gasteiger partial charge in [-0.05, 0) is 44.9 Å². The van der Waals surface area contributed by atoms with E-state index in [1.165, 1.54) is 17.7 Å². The highest BCUT2D eigenvalue weighted by Crippen LogP contribution is 2.37. The fourth-order valence-electron chi connectivity index (χ4n) is 2.21. The van der Waals surface area contributed by atoms with Gasteiger partial charge in [0.2, 0.25) is 0 Å². The molecule has 1 nitrogen and oxygen atoms in total. The van der Waals surface area contributed by atoms with Crippen molar-refractivity contribution in [2.45, 2.75) is 37.6 Å². The first-order valence-corrected chi connectivity index (χ1v) is 6.55. The Morgan fingerprint density at radius 1 is 1.25 bits per heavy atom. The molecule has 16 heavy (non-hydrogen) atoms. The standard InChI is InChI=1S/C13H18FNS/c1-12(2)9-16-13(3,15-12)8-10-4-6-11(14)7-5-10/h4-7,15H,8-9H2,1-3H3. The Morgan fingerprint density at radius 2 is 1.88 bits per heavy atom. The average molecular weight is 239 g/mol. The highest BCUT2D eigenvalue weighted by molar-refractivity contribution is 8.00. The number of nitrogens with one attached hydrogen (secondary N) is 1. The molecule has 1 unspecified atom stereocenters. The summed E-state index contributed by atoms with van der Waals surface area (Å²) in [7, 11) is 0. The first-order valence-electron chi connectivity index (χ1n) is 5.56. The molecule has 1 fully saturated rings. The van der Waals surface area contributed by atoms with Gasteiger partial charge in [-0.1, -0.05) is 12.1 Å². The first kappa shape index (κ1) is 11.9. The van der Waals surface area contributed by atoms with Gasteiger partial charge >= 0.3 is 0 Å². The van der Waals surface area contributed by atoms with Gasteiger partial charge in [0.15, 0.2) is 0 Å². The van der Waals surface area contributed by atoms with Crippen LogP contribution in [0.3, 0.4) is 0 Å². The molecule has 0 amide bonds. The van der Waals surface area contributed by atoms with Crippen LogP contribution in [0.25, 0.3) is 0 Å². The molecule has 0 bridgehead atoms. The van der Waals surface area contributed by atoms with Gasteiger partial charge in [-0.3, -0.25) is 5.32 Å². The summed E-state index contributed by atoms with van der Waals surface area (Å²) in [6.45, 7) is 6.65. The quantitative estimate of drug-likeness (QED) is 0.850. The van der Waals surface area contributed by atoms with Crippen LogP contribution in [0.1, 0.15) is 26.3 Å². The third-order valence-corrected chi connectivity index (χ3v) is 4.56. The zero-order valence-electron chi connectivity index (χ0n) is 10.0. The monoisotopic (exact) mass is 239 g/mol. The Kier molecular flexibility index (Phi) is 3.01. The van der Waals surface area contributed by atoms with Crippen molar-refractivity contribution in [3.05, 3.63) is 35.6 Å². The maximum atomic E-state index is 12.8. The molecular formula is C13H18FNS. The van der Waals surface area contributed by atoms with Gasteiger partial charge in [0.1, 0.15) is 5.82 Å². The van der Waals surface area contributed by atoms with Crippen LogP contribution in [0.15, 0.2) is 24.3 Å². The lowest BCUT2D eigenvalue weighted by Crippen LogP contribution is -2.46. The largest absolute Gasteiger partial charge is 0.297 e. The summed E-state index contributed by atoms with van der Waals surface area (Å²) in [6, 6.07) is 6.80. The Balaban J connectivity index is 2.07. The summed E-state index contributed by atoms with van der Waals surface area (Å²) in [5.74, 6) is 0.950. The van der Waals surface area contributed by atoms with Gasteiger partial charge in [-0.15, -0.1) is 11.8 Å². The molecule has 1 aliphatic heterocycles. The smallest absolute Gasteiger partial charge is 0.123 e. The van der Waals surface area contributed by atoms with Gasteiger partial charge in [0.25, 0.3) is 0 Å². The van der Waals surface area contributed by atoms with Crippen molar-refractivity contribution in [2.75, 3.05) is 5.75 Å². The number of hydrogen-bond donors (Lipinski definition) is 1. The van der Waals surface area contributed by atoms with Crippen molar-refractivity contribution in [1.82, 2.24) is 5.32 Å². The lowest BCUT2D eigenvalue weighted by molar-refractivity contribution is 0.379. The third-order valence-electron chi connectivity index (χ3n) is 2.81. The fourth-order valence-corrected chi connectivity index (χ4v) is 3.58. The van der Waals surface area contributed by atoms with E-state index in [9.17, 15) is 4.39 Å². The van der Waals surface area contributed by atoms with E-state index in [-0.39, 0.29) is 16.2 Å². The van der Waals surface area contributed by atoms with Gasteiger partial charge in [-0.2, -0.15) is 0 Å². The van der Waals surface area contributed by atoms with Crippen molar-refractivity contribution in [3.8, 4) is 0 Å². The maximum absolute atomic E-state index is 12.8. The third kappa shape index (κ3) is 2.77. The van der Waals surface area contributed by atoms with E-state index in [1.807, 2.05) is 23.9 Å². The summed E-state index contributed by atoms with van der Waals surface area (Å²) in [5, 5.41) is 3.64. The molecule has 0 spiro atoms. The normalized spacial score (nSPS) is 28.2. The lowest BCUT2D eigenvalue weighted by Gasteiger charge is -2.27. The Bertz CT molecular complexity index is 374. The number of thioether (sulfide) groups is 1. The average Bonchev–Trinajstić information content (AvgIpc) is 2.45. The molecule has 1 aromatic carbocycles. The lowest BCUT2D eigenvalue weighted by atomic mass is 10.0. The molecule has 1 saturated heterocycles. The van der Waals surface area contributed by atoms with Crippen molar-refractivity contribution >= 4 is 11.8 Å². The molecule has 0 aliphatic carbocycles. The van der Waals surface area contributed by atoms with Crippen LogP contribution >= 0.6 is 11.8 Å². The summed E-state index contributed by atoms with van der Waals surface area (Å²) < 4.78 is 12.8. The summed E-state index contributed by atoms with van der Waals surface area (Å²) in [5.41, 5.74) is 1.38. The molecule has 3 heteroatoms. The minimum absolute atomic E-state index is 0.0708. The number of benzene rings is 1. The molecule has 88 valence electrons. The van der Waals surface area contributed by atoms with E-state index in [1.54, 1.807) is 0 Å². The Morgan fingerprint density at radius 3 is 2.38 bits per heavy atom. The van der Waals surface area contributed by atoms with Gasteiger partial charge in [-0.25, -0.2) is 4.39 Å². The number of halogens is 1. The van der Waals surface area contributed by atoms with E-state index in [0.29, 0.717) is 0 Å². The van der Waals surface area contributed by atoms with Crippen LogP contribution in [-0.2, 0) is 6.42 Å².